The first-order chi connectivity index (χ1) is 8.27. The number of hydrogen-bond donors (Lipinski definition) is 1. The Morgan fingerprint density at radius 1 is 1.12 bits per heavy atom. The third kappa shape index (κ3) is 1.95. The standard InChI is InChI=1S/C14H18N2O/c15-12-8-9-13(17)16(11-6-7-11)14(12)10-4-2-1-3-5-10/h1-5,11-12,14H,6-9,15H2. The molecule has 90 valence electrons. The molecule has 0 spiro atoms. The molecule has 1 aliphatic heterocycles. The highest BCUT2D eigenvalue weighted by atomic mass is 16.2. The predicted octanol–water partition coefficient (Wildman–Crippen LogP) is 1.84. The average Bonchev–Trinajstić information content (AvgIpc) is 3.17. The minimum Gasteiger partial charge on any atom is -0.331 e. The van der Waals surface area contributed by atoms with Gasteiger partial charge in [-0.15, -0.1) is 0 Å². The normalized spacial score (nSPS) is 29.5. The van der Waals surface area contributed by atoms with E-state index in [0.29, 0.717) is 12.5 Å². The van der Waals surface area contributed by atoms with Gasteiger partial charge in [0.2, 0.25) is 5.91 Å². The fourth-order valence-corrected chi connectivity index (χ4v) is 2.78. The molecule has 3 heteroatoms. The van der Waals surface area contributed by atoms with Gasteiger partial charge in [-0.3, -0.25) is 4.79 Å². The van der Waals surface area contributed by atoms with E-state index in [-0.39, 0.29) is 18.0 Å². The number of hydrogen-bond acceptors (Lipinski definition) is 2. The molecule has 3 nitrogen and oxygen atoms in total. The van der Waals surface area contributed by atoms with Crippen LogP contribution in [0.15, 0.2) is 30.3 Å². The second kappa shape index (κ2) is 4.15. The predicted molar refractivity (Wildman–Crippen MR) is 66.3 cm³/mol. The molecule has 3 rings (SSSR count). The molecule has 2 aliphatic rings. The molecule has 1 saturated carbocycles. The average molecular weight is 230 g/mol. The van der Waals surface area contributed by atoms with Crippen molar-refractivity contribution in [3.63, 3.8) is 0 Å². The van der Waals surface area contributed by atoms with Gasteiger partial charge in [0.25, 0.3) is 0 Å². The molecule has 1 aromatic rings. The van der Waals surface area contributed by atoms with Gasteiger partial charge in [0.1, 0.15) is 0 Å². The largest absolute Gasteiger partial charge is 0.331 e. The maximum Gasteiger partial charge on any atom is 0.223 e. The van der Waals surface area contributed by atoms with Crippen LogP contribution in [0.3, 0.4) is 0 Å². The zero-order valence-electron chi connectivity index (χ0n) is 9.88. The molecule has 2 fully saturated rings. The number of carbonyl (C=O) groups excluding carboxylic acids is 1. The molecule has 1 saturated heterocycles. The van der Waals surface area contributed by atoms with E-state index in [1.54, 1.807) is 0 Å². The number of amides is 1. The lowest BCUT2D eigenvalue weighted by atomic mass is 9.90. The van der Waals surface area contributed by atoms with E-state index in [4.69, 9.17) is 5.73 Å². The van der Waals surface area contributed by atoms with Crippen molar-refractivity contribution < 1.29 is 4.79 Å². The van der Waals surface area contributed by atoms with Gasteiger partial charge in [0.15, 0.2) is 0 Å². The highest BCUT2D eigenvalue weighted by molar-refractivity contribution is 5.78. The van der Waals surface area contributed by atoms with Gasteiger partial charge >= 0.3 is 0 Å². The summed E-state index contributed by atoms with van der Waals surface area (Å²) in [6.45, 7) is 0. The van der Waals surface area contributed by atoms with E-state index in [0.717, 1.165) is 19.3 Å². The van der Waals surface area contributed by atoms with Gasteiger partial charge in [-0.1, -0.05) is 30.3 Å². The lowest BCUT2D eigenvalue weighted by molar-refractivity contribution is -0.138. The molecule has 1 heterocycles. The molecular formula is C14H18N2O. The van der Waals surface area contributed by atoms with Gasteiger partial charge in [0, 0.05) is 18.5 Å². The van der Waals surface area contributed by atoms with Crippen LogP contribution in [-0.2, 0) is 4.79 Å². The van der Waals surface area contributed by atoms with Crippen molar-refractivity contribution in [2.75, 3.05) is 0 Å². The quantitative estimate of drug-likeness (QED) is 0.842. The Hall–Kier alpha value is -1.35. The highest BCUT2D eigenvalue weighted by Crippen LogP contribution is 2.39. The van der Waals surface area contributed by atoms with Gasteiger partial charge in [-0.2, -0.15) is 0 Å². The van der Waals surface area contributed by atoms with Crippen molar-refractivity contribution in [3.05, 3.63) is 35.9 Å². The Balaban J connectivity index is 1.94. The van der Waals surface area contributed by atoms with Gasteiger partial charge in [0.05, 0.1) is 6.04 Å². The minimum absolute atomic E-state index is 0.0794. The lowest BCUT2D eigenvalue weighted by Gasteiger charge is -2.40. The van der Waals surface area contributed by atoms with E-state index >= 15 is 0 Å². The zero-order chi connectivity index (χ0) is 11.8. The fourth-order valence-electron chi connectivity index (χ4n) is 2.78. The molecule has 0 radical (unpaired) electrons. The summed E-state index contributed by atoms with van der Waals surface area (Å²) in [6.07, 6.45) is 3.70. The summed E-state index contributed by atoms with van der Waals surface area (Å²) in [5.41, 5.74) is 7.42. The van der Waals surface area contributed by atoms with E-state index in [1.165, 1.54) is 5.56 Å². The number of carbonyl (C=O) groups is 1. The number of benzene rings is 1. The number of piperidine rings is 1. The summed E-state index contributed by atoms with van der Waals surface area (Å²) in [4.78, 5) is 14.1. The summed E-state index contributed by atoms with van der Waals surface area (Å²) in [7, 11) is 0. The second-order valence-electron chi connectivity index (χ2n) is 5.09. The van der Waals surface area contributed by atoms with E-state index in [9.17, 15) is 4.79 Å². The molecule has 2 atom stereocenters. The molecule has 2 N–H and O–H groups in total. The molecule has 1 amide bonds. The first-order valence-corrected chi connectivity index (χ1v) is 6.39. The van der Waals surface area contributed by atoms with E-state index < -0.39 is 0 Å². The molecule has 17 heavy (non-hydrogen) atoms. The maximum absolute atomic E-state index is 12.1. The molecule has 0 aromatic heterocycles. The van der Waals surface area contributed by atoms with Crippen LogP contribution >= 0.6 is 0 Å². The van der Waals surface area contributed by atoms with Gasteiger partial charge < -0.3 is 10.6 Å². The van der Waals surface area contributed by atoms with Crippen molar-refractivity contribution in [1.82, 2.24) is 4.90 Å². The van der Waals surface area contributed by atoms with Crippen LogP contribution in [0.25, 0.3) is 0 Å². The van der Waals surface area contributed by atoms with Crippen LogP contribution in [0.2, 0.25) is 0 Å². The van der Waals surface area contributed by atoms with Crippen LogP contribution in [0.1, 0.15) is 37.3 Å². The SMILES string of the molecule is NC1CCC(=O)N(C2CC2)C1c1ccccc1. The number of nitrogens with zero attached hydrogens (tertiary/aromatic N) is 1. The van der Waals surface area contributed by atoms with Crippen LogP contribution in [0.5, 0.6) is 0 Å². The Kier molecular flexibility index (Phi) is 2.63. The van der Waals surface area contributed by atoms with Crippen LogP contribution < -0.4 is 5.73 Å². The van der Waals surface area contributed by atoms with Crippen LogP contribution in [0, 0.1) is 0 Å². The molecular weight excluding hydrogens is 212 g/mol. The van der Waals surface area contributed by atoms with Gasteiger partial charge in [-0.25, -0.2) is 0 Å². The first kappa shape index (κ1) is 10.8. The zero-order valence-corrected chi connectivity index (χ0v) is 9.88. The Bertz CT molecular complexity index is 413. The summed E-state index contributed by atoms with van der Waals surface area (Å²) >= 11 is 0. The number of rotatable bonds is 2. The summed E-state index contributed by atoms with van der Waals surface area (Å²) < 4.78 is 0. The molecule has 2 unspecified atom stereocenters. The third-order valence-electron chi connectivity index (χ3n) is 3.77. The van der Waals surface area contributed by atoms with Crippen LogP contribution in [-0.4, -0.2) is 22.9 Å². The molecule has 0 bridgehead atoms. The summed E-state index contributed by atoms with van der Waals surface area (Å²) in [5.74, 6) is 0.281. The highest BCUT2D eigenvalue weighted by Gasteiger charge is 2.42. The second-order valence-corrected chi connectivity index (χ2v) is 5.09. The van der Waals surface area contributed by atoms with Crippen LogP contribution in [0.4, 0.5) is 0 Å². The van der Waals surface area contributed by atoms with E-state index in [1.807, 2.05) is 23.1 Å². The maximum atomic E-state index is 12.1. The number of likely N-dealkylation sites (tertiary alicyclic amines) is 1. The Morgan fingerprint density at radius 3 is 2.47 bits per heavy atom. The van der Waals surface area contributed by atoms with Crippen molar-refractivity contribution in [1.29, 1.82) is 0 Å². The number of nitrogens with two attached hydrogens (primary N) is 1. The Labute approximate surface area is 102 Å². The van der Waals surface area contributed by atoms with Crippen molar-refractivity contribution in [2.24, 2.45) is 5.73 Å². The smallest absolute Gasteiger partial charge is 0.223 e. The minimum atomic E-state index is 0.0794. The fraction of sp³-hybridized carbons (Fsp3) is 0.500. The lowest BCUT2D eigenvalue weighted by Crippen LogP contribution is -2.49. The third-order valence-corrected chi connectivity index (χ3v) is 3.77. The summed E-state index contributed by atoms with van der Waals surface area (Å²) in [5, 5.41) is 0. The summed E-state index contributed by atoms with van der Waals surface area (Å²) in [6, 6.07) is 10.8. The topological polar surface area (TPSA) is 46.3 Å². The van der Waals surface area contributed by atoms with Crippen molar-refractivity contribution in [2.45, 2.75) is 43.8 Å². The van der Waals surface area contributed by atoms with Crippen molar-refractivity contribution >= 4 is 5.91 Å². The van der Waals surface area contributed by atoms with E-state index in [2.05, 4.69) is 12.1 Å². The van der Waals surface area contributed by atoms with Crippen molar-refractivity contribution in [3.8, 4) is 0 Å². The molecule has 1 aromatic carbocycles. The monoisotopic (exact) mass is 230 g/mol. The molecule has 1 aliphatic carbocycles. The first-order valence-electron chi connectivity index (χ1n) is 6.39. The Morgan fingerprint density at radius 2 is 1.82 bits per heavy atom. The van der Waals surface area contributed by atoms with Gasteiger partial charge in [-0.05, 0) is 24.8 Å².